The Hall–Kier alpha value is -3.89. The molecule has 0 amide bonds. The molecule has 4 aromatic rings. The molecule has 0 bridgehead atoms. The lowest BCUT2D eigenvalue weighted by Crippen LogP contribution is -2.31. The number of hydrogen-bond donors (Lipinski definition) is 1. The van der Waals surface area contributed by atoms with Crippen LogP contribution in [0.3, 0.4) is 0 Å². The van der Waals surface area contributed by atoms with E-state index in [0.717, 1.165) is 6.20 Å². The number of ether oxygens (including phenoxy) is 1. The van der Waals surface area contributed by atoms with Crippen LogP contribution in [0.1, 0.15) is 50.3 Å². The van der Waals surface area contributed by atoms with Gasteiger partial charge in [-0.3, -0.25) is 28.7 Å². The van der Waals surface area contributed by atoms with Gasteiger partial charge in [-0.05, 0) is 45.9 Å². The van der Waals surface area contributed by atoms with Gasteiger partial charge in [0.2, 0.25) is 0 Å². The van der Waals surface area contributed by atoms with E-state index < -0.39 is 28.4 Å². The van der Waals surface area contributed by atoms with Crippen LogP contribution in [-0.4, -0.2) is 24.2 Å². The molecular formula is C28H29ClF2N4O4. The lowest BCUT2D eigenvalue weighted by molar-refractivity contribution is 0.0768. The SMILES string of the molecule is CC.Cc1ncc(-n2cccc(C(C)(C)O)c2=O)cc1-n1c(C)cc(OCc2ncc(F)cc2F)c(Cl)c1=O. The van der Waals surface area contributed by atoms with Crippen LogP contribution in [0.2, 0.25) is 5.02 Å². The highest BCUT2D eigenvalue weighted by Gasteiger charge is 2.22. The zero-order valence-electron chi connectivity index (χ0n) is 22.4. The van der Waals surface area contributed by atoms with Gasteiger partial charge in [0.15, 0.2) is 5.82 Å². The van der Waals surface area contributed by atoms with Crippen molar-refractivity contribution in [3.63, 3.8) is 0 Å². The fourth-order valence-corrected chi connectivity index (χ4v) is 4.01. The molecule has 0 unspecified atom stereocenters. The van der Waals surface area contributed by atoms with Gasteiger partial charge in [0, 0.05) is 29.6 Å². The number of hydrogen-bond acceptors (Lipinski definition) is 6. The van der Waals surface area contributed by atoms with E-state index in [9.17, 15) is 23.5 Å². The van der Waals surface area contributed by atoms with Crippen LogP contribution in [0.5, 0.6) is 5.75 Å². The highest BCUT2D eigenvalue weighted by Crippen LogP contribution is 2.26. The normalized spacial score (nSPS) is 11.1. The van der Waals surface area contributed by atoms with Crippen LogP contribution >= 0.6 is 11.6 Å². The maximum absolute atomic E-state index is 13.9. The average molecular weight is 559 g/mol. The largest absolute Gasteiger partial charge is 0.485 e. The van der Waals surface area contributed by atoms with Gasteiger partial charge in [-0.15, -0.1) is 0 Å². The predicted octanol–water partition coefficient (Wildman–Crippen LogP) is 5.16. The van der Waals surface area contributed by atoms with Crippen molar-refractivity contribution in [1.82, 2.24) is 19.1 Å². The number of halogens is 3. The Kier molecular flexibility index (Phi) is 9.03. The van der Waals surface area contributed by atoms with Crippen LogP contribution in [0, 0.1) is 25.5 Å². The molecule has 0 aliphatic heterocycles. The summed E-state index contributed by atoms with van der Waals surface area (Å²) < 4.78 is 35.2. The zero-order valence-corrected chi connectivity index (χ0v) is 23.2. The van der Waals surface area contributed by atoms with Crippen LogP contribution in [0.15, 0.2) is 58.5 Å². The first-order valence-corrected chi connectivity index (χ1v) is 12.5. The molecule has 39 heavy (non-hydrogen) atoms. The lowest BCUT2D eigenvalue weighted by atomic mass is 10.0. The molecule has 11 heteroatoms. The molecule has 206 valence electrons. The van der Waals surface area contributed by atoms with Crippen molar-refractivity contribution in [2.45, 2.75) is 53.8 Å². The standard InChI is InChI=1S/C26H23ClF2N4O4.C2H6/c1-14-8-22(37-13-20-19(29)9-16(28)11-31-20)23(27)25(35)33(14)21-10-17(12-30-15(21)2)32-7-5-6-18(24(32)34)26(3,4)36;1-2/h5-12,36H,13H2,1-4H3;1-2H3. The molecule has 0 aromatic carbocycles. The van der Waals surface area contributed by atoms with Crippen molar-refractivity contribution >= 4 is 11.6 Å². The fraction of sp³-hybridized carbons (Fsp3) is 0.286. The Morgan fingerprint density at radius 3 is 2.38 bits per heavy atom. The summed E-state index contributed by atoms with van der Waals surface area (Å²) in [5.41, 5.74) is -0.697. The highest BCUT2D eigenvalue weighted by molar-refractivity contribution is 6.31. The molecule has 4 aromatic heterocycles. The van der Waals surface area contributed by atoms with Crippen molar-refractivity contribution in [3.8, 4) is 17.1 Å². The van der Waals surface area contributed by atoms with Gasteiger partial charge in [0.25, 0.3) is 11.1 Å². The van der Waals surface area contributed by atoms with Gasteiger partial charge in [-0.2, -0.15) is 0 Å². The Morgan fingerprint density at radius 2 is 1.74 bits per heavy atom. The third kappa shape index (κ3) is 6.23. The second-order valence-electron chi connectivity index (χ2n) is 8.93. The van der Waals surface area contributed by atoms with Gasteiger partial charge in [-0.1, -0.05) is 25.4 Å². The molecule has 0 aliphatic carbocycles. The van der Waals surface area contributed by atoms with E-state index in [2.05, 4.69) is 9.97 Å². The molecule has 0 spiro atoms. The number of pyridine rings is 4. The zero-order chi connectivity index (χ0) is 29.1. The topological polar surface area (TPSA) is 99.2 Å². The summed E-state index contributed by atoms with van der Waals surface area (Å²) in [6.45, 7) is 10.0. The molecule has 1 N–H and O–H groups in total. The van der Waals surface area contributed by atoms with Crippen molar-refractivity contribution in [2.24, 2.45) is 0 Å². The first-order valence-electron chi connectivity index (χ1n) is 12.1. The molecule has 0 radical (unpaired) electrons. The minimum Gasteiger partial charge on any atom is -0.485 e. The summed E-state index contributed by atoms with van der Waals surface area (Å²) in [4.78, 5) is 34.3. The Morgan fingerprint density at radius 1 is 1.05 bits per heavy atom. The van der Waals surface area contributed by atoms with Gasteiger partial charge in [-0.25, -0.2) is 8.78 Å². The van der Waals surface area contributed by atoms with E-state index in [-0.39, 0.29) is 28.6 Å². The van der Waals surface area contributed by atoms with Crippen molar-refractivity contribution in [1.29, 1.82) is 0 Å². The van der Waals surface area contributed by atoms with Crippen molar-refractivity contribution < 1.29 is 18.6 Å². The van der Waals surface area contributed by atoms with E-state index in [1.54, 1.807) is 32.0 Å². The van der Waals surface area contributed by atoms with Crippen LogP contribution in [-0.2, 0) is 12.2 Å². The quantitative estimate of drug-likeness (QED) is 0.351. The number of nitrogens with zero attached hydrogens (tertiary/aromatic N) is 4. The number of aliphatic hydroxyl groups is 1. The Balaban J connectivity index is 0.00000205. The smallest absolute Gasteiger partial charge is 0.277 e. The maximum Gasteiger partial charge on any atom is 0.277 e. The minimum absolute atomic E-state index is 0.00167. The monoisotopic (exact) mass is 558 g/mol. The molecule has 0 saturated carbocycles. The second kappa shape index (κ2) is 11.9. The highest BCUT2D eigenvalue weighted by atomic mass is 35.5. The molecule has 0 saturated heterocycles. The van der Waals surface area contributed by atoms with Crippen LogP contribution in [0.25, 0.3) is 11.4 Å². The van der Waals surface area contributed by atoms with E-state index in [4.69, 9.17) is 16.3 Å². The fourth-order valence-electron chi connectivity index (χ4n) is 3.81. The second-order valence-corrected chi connectivity index (χ2v) is 9.31. The molecule has 8 nitrogen and oxygen atoms in total. The van der Waals surface area contributed by atoms with E-state index >= 15 is 0 Å². The lowest BCUT2D eigenvalue weighted by Gasteiger charge is -2.19. The summed E-state index contributed by atoms with van der Waals surface area (Å²) in [7, 11) is 0. The van der Waals surface area contributed by atoms with E-state index in [0.29, 0.717) is 28.8 Å². The van der Waals surface area contributed by atoms with Crippen LogP contribution < -0.4 is 15.9 Å². The van der Waals surface area contributed by atoms with Gasteiger partial charge in [0.05, 0.1) is 35.1 Å². The van der Waals surface area contributed by atoms with E-state index in [1.165, 1.54) is 41.4 Å². The van der Waals surface area contributed by atoms with Crippen LogP contribution in [0.4, 0.5) is 8.78 Å². The third-order valence-electron chi connectivity index (χ3n) is 5.72. The summed E-state index contributed by atoms with van der Waals surface area (Å²) in [5.74, 6) is -1.71. The van der Waals surface area contributed by atoms with E-state index in [1.807, 2.05) is 13.8 Å². The molecule has 0 aliphatic rings. The first-order chi connectivity index (χ1) is 18.4. The van der Waals surface area contributed by atoms with Crippen molar-refractivity contribution in [3.05, 3.63) is 109 Å². The Labute approximate surface area is 229 Å². The number of aryl methyl sites for hydroxylation is 2. The summed E-state index contributed by atoms with van der Waals surface area (Å²) in [6.07, 6.45) is 3.88. The van der Waals surface area contributed by atoms with Gasteiger partial charge in [0.1, 0.15) is 28.9 Å². The predicted molar refractivity (Wildman–Crippen MR) is 145 cm³/mol. The van der Waals surface area contributed by atoms with Crippen molar-refractivity contribution in [2.75, 3.05) is 0 Å². The number of rotatable bonds is 6. The van der Waals surface area contributed by atoms with Gasteiger partial charge < -0.3 is 9.84 Å². The molecular weight excluding hydrogens is 530 g/mol. The Bertz CT molecular complexity index is 1630. The summed E-state index contributed by atoms with van der Waals surface area (Å²) in [5, 5.41) is 10.1. The average Bonchev–Trinajstić information content (AvgIpc) is 2.88. The first kappa shape index (κ1) is 29.7. The minimum atomic E-state index is -1.36. The maximum atomic E-state index is 13.9. The molecule has 0 atom stereocenters. The van der Waals surface area contributed by atoms with Gasteiger partial charge >= 0.3 is 0 Å². The number of aromatic nitrogens is 4. The summed E-state index contributed by atoms with van der Waals surface area (Å²) >= 11 is 6.32. The molecule has 0 fully saturated rings. The summed E-state index contributed by atoms with van der Waals surface area (Å²) in [6, 6.07) is 6.97. The molecule has 4 heterocycles. The molecule has 4 rings (SSSR count). The third-order valence-corrected chi connectivity index (χ3v) is 6.07.